The lowest BCUT2D eigenvalue weighted by Crippen LogP contribution is -2.36. The first-order chi connectivity index (χ1) is 13.6. The van der Waals surface area contributed by atoms with Crippen molar-refractivity contribution in [1.29, 1.82) is 0 Å². The number of nitrogens with zero attached hydrogens (tertiary/aromatic N) is 1. The molecule has 0 aromatic heterocycles. The standard InChI is InChI=1S/C20H21FN2O4S/c1-26-20(25)17-12-15(23-8-10-27-11-9-23)4-7-18(17)22-19(24)13-28-16-5-2-14(21)3-6-16/h2-7,12H,8-11,13H2,1H3,(H,22,24). The van der Waals surface area contributed by atoms with Crippen molar-refractivity contribution in [3.8, 4) is 0 Å². The second-order valence-corrected chi connectivity index (χ2v) is 7.16. The van der Waals surface area contributed by atoms with E-state index in [1.54, 1.807) is 24.3 Å². The first kappa shape index (κ1) is 20.2. The van der Waals surface area contributed by atoms with Gasteiger partial charge >= 0.3 is 5.97 Å². The summed E-state index contributed by atoms with van der Waals surface area (Å²) in [5, 5.41) is 2.76. The Kier molecular flexibility index (Phi) is 6.89. The van der Waals surface area contributed by atoms with E-state index in [1.807, 2.05) is 6.07 Å². The number of benzene rings is 2. The van der Waals surface area contributed by atoms with Gasteiger partial charge in [0.2, 0.25) is 5.91 Å². The average Bonchev–Trinajstić information content (AvgIpc) is 2.73. The SMILES string of the molecule is COC(=O)c1cc(N2CCOCC2)ccc1NC(=O)CSc1ccc(F)cc1. The number of nitrogens with one attached hydrogen (secondary N) is 1. The highest BCUT2D eigenvalue weighted by molar-refractivity contribution is 8.00. The highest BCUT2D eigenvalue weighted by Crippen LogP contribution is 2.26. The Morgan fingerprint density at radius 1 is 1.18 bits per heavy atom. The van der Waals surface area contributed by atoms with Gasteiger partial charge in [-0.2, -0.15) is 0 Å². The number of methoxy groups -OCH3 is 1. The molecular formula is C20H21FN2O4S. The minimum absolute atomic E-state index is 0.136. The monoisotopic (exact) mass is 404 g/mol. The molecule has 1 aliphatic rings. The second kappa shape index (κ2) is 9.57. The number of carbonyl (C=O) groups excluding carboxylic acids is 2. The van der Waals surface area contributed by atoms with Gasteiger partial charge in [-0.3, -0.25) is 4.79 Å². The Hall–Kier alpha value is -2.58. The first-order valence-electron chi connectivity index (χ1n) is 8.80. The molecular weight excluding hydrogens is 383 g/mol. The molecule has 28 heavy (non-hydrogen) atoms. The van der Waals surface area contributed by atoms with Crippen LogP contribution in [-0.2, 0) is 14.3 Å². The Morgan fingerprint density at radius 3 is 2.57 bits per heavy atom. The smallest absolute Gasteiger partial charge is 0.340 e. The lowest BCUT2D eigenvalue weighted by Gasteiger charge is -2.29. The van der Waals surface area contributed by atoms with Gasteiger partial charge in [0.25, 0.3) is 0 Å². The fraction of sp³-hybridized carbons (Fsp3) is 0.300. The van der Waals surface area contributed by atoms with Gasteiger partial charge in [-0.1, -0.05) is 0 Å². The molecule has 2 aromatic carbocycles. The molecule has 8 heteroatoms. The number of carbonyl (C=O) groups is 2. The topological polar surface area (TPSA) is 67.9 Å². The molecule has 2 aromatic rings. The third-order valence-corrected chi connectivity index (χ3v) is 5.25. The molecule has 0 atom stereocenters. The van der Waals surface area contributed by atoms with Gasteiger partial charge in [0.15, 0.2) is 0 Å². The van der Waals surface area contributed by atoms with E-state index in [-0.39, 0.29) is 17.5 Å². The van der Waals surface area contributed by atoms with Crippen molar-refractivity contribution in [3.05, 3.63) is 53.8 Å². The minimum Gasteiger partial charge on any atom is -0.465 e. The summed E-state index contributed by atoms with van der Waals surface area (Å²) < 4.78 is 23.2. The summed E-state index contributed by atoms with van der Waals surface area (Å²) in [6, 6.07) is 11.2. The third kappa shape index (κ3) is 5.24. The molecule has 148 valence electrons. The van der Waals surface area contributed by atoms with E-state index in [9.17, 15) is 14.0 Å². The Labute approximate surface area is 167 Å². The maximum atomic E-state index is 13.0. The van der Waals surface area contributed by atoms with Crippen LogP contribution in [0.4, 0.5) is 15.8 Å². The van der Waals surface area contributed by atoms with E-state index in [2.05, 4.69) is 10.2 Å². The van der Waals surface area contributed by atoms with E-state index in [1.165, 1.54) is 31.0 Å². The van der Waals surface area contributed by atoms with Crippen molar-refractivity contribution >= 4 is 35.0 Å². The molecule has 0 bridgehead atoms. The number of esters is 1. The zero-order valence-electron chi connectivity index (χ0n) is 15.4. The zero-order chi connectivity index (χ0) is 19.9. The number of halogens is 1. The van der Waals surface area contributed by atoms with Gasteiger partial charge in [0.05, 0.1) is 37.3 Å². The first-order valence-corrected chi connectivity index (χ1v) is 9.78. The maximum Gasteiger partial charge on any atom is 0.340 e. The molecule has 0 saturated carbocycles. The van der Waals surface area contributed by atoms with Crippen LogP contribution in [0.1, 0.15) is 10.4 Å². The van der Waals surface area contributed by atoms with E-state index in [4.69, 9.17) is 9.47 Å². The molecule has 0 aliphatic carbocycles. The number of thioether (sulfide) groups is 1. The van der Waals surface area contributed by atoms with Gasteiger partial charge in [-0.05, 0) is 42.5 Å². The molecule has 0 unspecified atom stereocenters. The highest BCUT2D eigenvalue weighted by atomic mass is 32.2. The molecule has 1 fully saturated rings. The van der Waals surface area contributed by atoms with Crippen LogP contribution in [0.25, 0.3) is 0 Å². The number of amides is 1. The second-order valence-electron chi connectivity index (χ2n) is 6.11. The summed E-state index contributed by atoms with van der Waals surface area (Å²) in [6.45, 7) is 2.74. The highest BCUT2D eigenvalue weighted by Gasteiger charge is 2.18. The van der Waals surface area contributed by atoms with Crippen molar-refractivity contribution < 1.29 is 23.5 Å². The van der Waals surface area contributed by atoms with Crippen LogP contribution >= 0.6 is 11.8 Å². The number of anilines is 2. The quantitative estimate of drug-likeness (QED) is 0.589. The van der Waals surface area contributed by atoms with Crippen LogP contribution in [0, 0.1) is 5.82 Å². The minimum atomic E-state index is -0.517. The van der Waals surface area contributed by atoms with E-state index < -0.39 is 5.97 Å². The van der Waals surface area contributed by atoms with Crippen LogP contribution in [0.15, 0.2) is 47.4 Å². The fourth-order valence-electron chi connectivity index (χ4n) is 2.80. The summed E-state index contributed by atoms with van der Waals surface area (Å²) in [6.07, 6.45) is 0. The largest absolute Gasteiger partial charge is 0.465 e. The van der Waals surface area contributed by atoms with Crippen LogP contribution in [0.5, 0.6) is 0 Å². The van der Waals surface area contributed by atoms with Crippen LogP contribution in [0.3, 0.4) is 0 Å². The lowest BCUT2D eigenvalue weighted by molar-refractivity contribution is -0.113. The molecule has 1 aliphatic heterocycles. The van der Waals surface area contributed by atoms with Gasteiger partial charge in [0, 0.05) is 23.7 Å². The van der Waals surface area contributed by atoms with Crippen molar-refractivity contribution in [3.63, 3.8) is 0 Å². The number of hydrogen-bond donors (Lipinski definition) is 1. The summed E-state index contributed by atoms with van der Waals surface area (Å²) in [7, 11) is 1.31. The average molecular weight is 404 g/mol. The number of rotatable bonds is 6. The van der Waals surface area contributed by atoms with Gasteiger partial charge in [0.1, 0.15) is 5.82 Å². The third-order valence-electron chi connectivity index (χ3n) is 4.24. The normalized spacial score (nSPS) is 13.9. The van der Waals surface area contributed by atoms with Crippen molar-refractivity contribution in [2.24, 2.45) is 0 Å². The van der Waals surface area contributed by atoms with Crippen LogP contribution in [-0.4, -0.2) is 51.0 Å². The summed E-state index contributed by atoms with van der Waals surface area (Å²) in [5.74, 6) is -0.968. The molecule has 0 spiro atoms. The number of morpholine rings is 1. The van der Waals surface area contributed by atoms with E-state index >= 15 is 0 Å². The summed E-state index contributed by atoms with van der Waals surface area (Å²) in [4.78, 5) is 27.4. The maximum absolute atomic E-state index is 13.0. The predicted octanol–water partition coefficient (Wildman–Crippen LogP) is 3.18. The van der Waals surface area contributed by atoms with E-state index in [0.717, 1.165) is 23.7 Å². The molecule has 1 saturated heterocycles. The van der Waals surface area contributed by atoms with Crippen molar-refractivity contribution in [2.45, 2.75) is 4.90 Å². The number of hydrogen-bond acceptors (Lipinski definition) is 6. The molecule has 1 heterocycles. The van der Waals surface area contributed by atoms with Crippen molar-refractivity contribution in [2.75, 3.05) is 49.4 Å². The predicted molar refractivity (Wildman–Crippen MR) is 107 cm³/mol. The summed E-state index contributed by atoms with van der Waals surface area (Å²) >= 11 is 1.29. The lowest BCUT2D eigenvalue weighted by atomic mass is 10.1. The number of ether oxygens (including phenoxy) is 2. The molecule has 1 amide bonds. The van der Waals surface area contributed by atoms with Gasteiger partial charge in [-0.25, -0.2) is 9.18 Å². The van der Waals surface area contributed by atoms with Gasteiger partial charge < -0.3 is 19.7 Å². The molecule has 1 N–H and O–H groups in total. The van der Waals surface area contributed by atoms with Crippen LogP contribution in [0.2, 0.25) is 0 Å². The van der Waals surface area contributed by atoms with Crippen LogP contribution < -0.4 is 10.2 Å². The van der Waals surface area contributed by atoms with E-state index in [0.29, 0.717) is 24.5 Å². The molecule has 3 rings (SSSR count). The molecule has 0 radical (unpaired) electrons. The Balaban J connectivity index is 1.69. The Bertz CT molecular complexity index is 839. The molecule has 6 nitrogen and oxygen atoms in total. The Morgan fingerprint density at radius 2 is 1.89 bits per heavy atom. The zero-order valence-corrected chi connectivity index (χ0v) is 16.3. The van der Waals surface area contributed by atoms with Gasteiger partial charge in [-0.15, -0.1) is 11.8 Å². The fourth-order valence-corrected chi connectivity index (χ4v) is 3.50. The summed E-state index contributed by atoms with van der Waals surface area (Å²) in [5.41, 5.74) is 1.57. The van der Waals surface area contributed by atoms with Crippen molar-refractivity contribution in [1.82, 2.24) is 0 Å².